The Morgan fingerprint density at radius 2 is 2.17 bits per heavy atom. The fraction of sp³-hybridized carbons (Fsp3) is 0.765. The van der Waals surface area contributed by atoms with E-state index in [0.717, 1.165) is 44.0 Å². The number of likely N-dealkylation sites (tertiary alicyclic amines) is 1. The van der Waals surface area contributed by atoms with Gasteiger partial charge >= 0.3 is 0 Å². The first-order chi connectivity index (χ1) is 10.6. The molecule has 0 aromatic carbocycles. The van der Waals surface area contributed by atoms with E-state index in [1.54, 1.807) is 0 Å². The molecular weight excluding hydrogens is 401 g/mol. The molecule has 0 aliphatic carbocycles. The van der Waals surface area contributed by atoms with Gasteiger partial charge in [-0.05, 0) is 36.7 Å². The lowest BCUT2D eigenvalue weighted by atomic mass is 9.97. The molecule has 1 saturated heterocycles. The molecule has 0 radical (unpaired) electrons. The minimum Gasteiger partial charge on any atom is -0.356 e. The van der Waals surface area contributed by atoms with Crippen LogP contribution in [-0.4, -0.2) is 47.3 Å². The van der Waals surface area contributed by atoms with Crippen LogP contribution in [0.4, 0.5) is 0 Å². The van der Waals surface area contributed by atoms with Crippen molar-refractivity contribution in [2.75, 3.05) is 26.7 Å². The van der Waals surface area contributed by atoms with Gasteiger partial charge in [-0.25, -0.2) is 0 Å². The Morgan fingerprint density at radius 1 is 1.39 bits per heavy atom. The number of hydrogen-bond acceptors (Lipinski definition) is 2. The number of aromatic nitrogens is 2. The summed E-state index contributed by atoms with van der Waals surface area (Å²) in [7, 11) is 1.89. The first-order valence-corrected chi connectivity index (χ1v) is 8.51. The molecule has 1 N–H and O–H groups in total. The molecule has 5 nitrogen and oxygen atoms in total. The van der Waals surface area contributed by atoms with E-state index in [1.807, 2.05) is 30.2 Å². The molecule has 23 heavy (non-hydrogen) atoms. The third kappa shape index (κ3) is 6.69. The summed E-state index contributed by atoms with van der Waals surface area (Å²) in [4.78, 5) is 6.87. The predicted molar refractivity (Wildman–Crippen MR) is 107 cm³/mol. The lowest BCUT2D eigenvalue weighted by molar-refractivity contribution is 0.395. The van der Waals surface area contributed by atoms with Gasteiger partial charge in [0, 0.05) is 45.6 Å². The van der Waals surface area contributed by atoms with E-state index in [2.05, 4.69) is 41.1 Å². The van der Waals surface area contributed by atoms with Gasteiger partial charge in [-0.2, -0.15) is 5.10 Å². The molecule has 0 amide bonds. The first kappa shape index (κ1) is 20.3. The van der Waals surface area contributed by atoms with Crippen LogP contribution >= 0.6 is 24.0 Å². The Labute approximate surface area is 157 Å². The summed E-state index contributed by atoms with van der Waals surface area (Å²) in [6.07, 6.45) is 6.46. The van der Waals surface area contributed by atoms with Gasteiger partial charge in [0.1, 0.15) is 0 Å². The smallest absolute Gasteiger partial charge is 0.193 e. The van der Waals surface area contributed by atoms with Crippen LogP contribution in [0.2, 0.25) is 0 Å². The van der Waals surface area contributed by atoms with Gasteiger partial charge in [-0.1, -0.05) is 20.8 Å². The van der Waals surface area contributed by atoms with Gasteiger partial charge < -0.3 is 10.2 Å². The van der Waals surface area contributed by atoms with Crippen LogP contribution in [0.3, 0.4) is 0 Å². The number of aliphatic imine (C=N–C) groups is 1. The van der Waals surface area contributed by atoms with Crippen LogP contribution in [0.1, 0.15) is 33.6 Å². The zero-order valence-electron chi connectivity index (χ0n) is 14.9. The highest BCUT2D eigenvalue weighted by Gasteiger charge is 2.25. The fourth-order valence-electron chi connectivity index (χ4n) is 3.27. The average Bonchev–Trinajstić information content (AvgIpc) is 3.11. The van der Waals surface area contributed by atoms with E-state index < -0.39 is 0 Å². The van der Waals surface area contributed by atoms with Gasteiger partial charge in [-0.15, -0.1) is 24.0 Å². The van der Waals surface area contributed by atoms with E-state index in [4.69, 9.17) is 0 Å². The molecule has 1 aromatic rings. The van der Waals surface area contributed by atoms with Crippen molar-refractivity contribution in [3.8, 4) is 0 Å². The van der Waals surface area contributed by atoms with Crippen LogP contribution in [0.25, 0.3) is 0 Å². The van der Waals surface area contributed by atoms with Crippen LogP contribution in [-0.2, 0) is 6.54 Å². The molecule has 1 aromatic heterocycles. The molecule has 1 fully saturated rings. The number of guanidine groups is 1. The normalized spacial score (nSPS) is 19.8. The highest BCUT2D eigenvalue weighted by atomic mass is 127. The monoisotopic (exact) mass is 433 g/mol. The highest BCUT2D eigenvalue weighted by molar-refractivity contribution is 14.0. The Kier molecular flexibility index (Phi) is 8.94. The standard InChI is InChI=1S/C17H31N5.HI/c1-14(2)10-16-6-9-21(13-16)17(18-4)19-11-15(3)12-22-8-5-7-20-22;/h5,7-8,14-16H,6,9-13H2,1-4H3,(H,18,19);1H. The van der Waals surface area contributed by atoms with Crippen molar-refractivity contribution in [3.05, 3.63) is 18.5 Å². The summed E-state index contributed by atoms with van der Waals surface area (Å²) < 4.78 is 1.99. The maximum absolute atomic E-state index is 4.46. The number of rotatable bonds is 6. The number of nitrogens with one attached hydrogen (secondary N) is 1. The lowest BCUT2D eigenvalue weighted by Gasteiger charge is -2.23. The fourth-order valence-corrected chi connectivity index (χ4v) is 3.27. The molecule has 1 aliphatic rings. The van der Waals surface area contributed by atoms with Crippen molar-refractivity contribution >= 4 is 29.9 Å². The molecular formula is C17H32IN5. The summed E-state index contributed by atoms with van der Waals surface area (Å²) in [6.45, 7) is 11.0. The summed E-state index contributed by atoms with van der Waals surface area (Å²) in [6, 6.07) is 1.97. The van der Waals surface area contributed by atoms with Crippen LogP contribution in [0.5, 0.6) is 0 Å². The quantitative estimate of drug-likeness (QED) is 0.426. The van der Waals surface area contributed by atoms with Gasteiger partial charge in [0.05, 0.1) is 0 Å². The largest absolute Gasteiger partial charge is 0.356 e. The van der Waals surface area contributed by atoms with Crippen LogP contribution in [0, 0.1) is 17.8 Å². The Balaban J connectivity index is 0.00000264. The van der Waals surface area contributed by atoms with Crippen molar-refractivity contribution in [1.29, 1.82) is 0 Å². The second kappa shape index (κ2) is 10.2. The van der Waals surface area contributed by atoms with Gasteiger partial charge in [0.2, 0.25) is 0 Å². The molecule has 0 bridgehead atoms. The maximum atomic E-state index is 4.46. The van der Waals surface area contributed by atoms with Gasteiger partial charge in [0.15, 0.2) is 5.96 Å². The summed E-state index contributed by atoms with van der Waals surface area (Å²) >= 11 is 0. The molecule has 6 heteroatoms. The Bertz CT molecular complexity index is 458. The zero-order valence-corrected chi connectivity index (χ0v) is 17.2. The predicted octanol–water partition coefficient (Wildman–Crippen LogP) is 3.08. The number of nitrogens with zero attached hydrogens (tertiary/aromatic N) is 4. The Morgan fingerprint density at radius 3 is 2.78 bits per heavy atom. The van der Waals surface area contributed by atoms with Crippen molar-refractivity contribution in [2.45, 2.75) is 40.2 Å². The number of hydrogen-bond donors (Lipinski definition) is 1. The Hall–Kier alpha value is -0.790. The molecule has 2 unspecified atom stereocenters. The van der Waals surface area contributed by atoms with Crippen molar-refractivity contribution < 1.29 is 0 Å². The molecule has 0 saturated carbocycles. The van der Waals surface area contributed by atoms with Crippen LogP contribution < -0.4 is 5.32 Å². The third-order valence-electron chi connectivity index (χ3n) is 4.27. The van der Waals surface area contributed by atoms with Crippen molar-refractivity contribution in [2.24, 2.45) is 22.7 Å². The number of halogens is 1. The second-order valence-electron chi connectivity index (χ2n) is 6.99. The molecule has 2 rings (SSSR count). The average molecular weight is 433 g/mol. The summed E-state index contributed by atoms with van der Waals surface area (Å²) in [5.41, 5.74) is 0. The topological polar surface area (TPSA) is 45.5 Å². The van der Waals surface area contributed by atoms with Crippen LogP contribution in [0.15, 0.2) is 23.5 Å². The van der Waals surface area contributed by atoms with Crippen molar-refractivity contribution in [3.63, 3.8) is 0 Å². The molecule has 0 spiro atoms. The minimum atomic E-state index is 0. The molecule has 1 aliphatic heterocycles. The maximum Gasteiger partial charge on any atom is 0.193 e. The summed E-state index contributed by atoms with van der Waals surface area (Å²) in [5, 5.41) is 7.80. The van der Waals surface area contributed by atoms with E-state index in [9.17, 15) is 0 Å². The zero-order chi connectivity index (χ0) is 15.9. The van der Waals surface area contributed by atoms with E-state index in [-0.39, 0.29) is 24.0 Å². The minimum absolute atomic E-state index is 0. The molecule has 132 valence electrons. The van der Waals surface area contributed by atoms with Gasteiger partial charge in [0.25, 0.3) is 0 Å². The first-order valence-electron chi connectivity index (χ1n) is 8.51. The van der Waals surface area contributed by atoms with E-state index >= 15 is 0 Å². The summed E-state index contributed by atoms with van der Waals surface area (Å²) in [5.74, 6) is 3.18. The van der Waals surface area contributed by atoms with Crippen molar-refractivity contribution in [1.82, 2.24) is 20.0 Å². The lowest BCUT2D eigenvalue weighted by Crippen LogP contribution is -2.42. The van der Waals surface area contributed by atoms with Gasteiger partial charge in [-0.3, -0.25) is 9.67 Å². The molecule has 2 atom stereocenters. The molecule has 2 heterocycles. The second-order valence-corrected chi connectivity index (χ2v) is 6.99. The third-order valence-corrected chi connectivity index (χ3v) is 4.27. The van der Waals surface area contributed by atoms with E-state index in [0.29, 0.717) is 5.92 Å². The van der Waals surface area contributed by atoms with E-state index in [1.165, 1.54) is 12.8 Å². The highest BCUT2D eigenvalue weighted by Crippen LogP contribution is 2.23. The SMILES string of the molecule is CN=C(NCC(C)Cn1cccn1)N1CCC(CC(C)C)C1.I.